The molecule has 4 nitrogen and oxygen atoms in total. The maximum atomic E-state index is 6.49. The Morgan fingerprint density at radius 3 is 2.17 bits per heavy atom. The van der Waals surface area contributed by atoms with Gasteiger partial charge >= 0.3 is 0 Å². The molecule has 5 heteroatoms. The van der Waals surface area contributed by atoms with E-state index in [4.69, 9.17) is 13.8 Å². The average Bonchev–Trinajstić information content (AvgIpc) is 3.75. The van der Waals surface area contributed by atoms with Crippen LogP contribution < -0.4 is 4.90 Å². The van der Waals surface area contributed by atoms with Crippen molar-refractivity contribution in [3.63, 3.8) is 0 Å². The van der Waals surface area contributed by atoms with Crippen LogP contribution in [0.1, 0.15) is 0 Å². The normalized spacial score (nSPS) is 11.8. The molecule has 198 valence electrons. The fourth-order valence-corrected chi connectivity index (χ4v) is 7.11. The summed E-state index contributed by atoms with van der Waals surface area (Å²) in [5.41, 5.74) is 8.61. The van der Waals surface area contributed by atoms with Crippen molar-refractivity contribution in [3.05, 3.63) is 133 Å². The Morgan fingerprint density at radius 2 is 1.29 bits per heavy atom. The standard InChI is InChI=1S/C37H22N2O2S/c1-3-10-23(11-4-1)37-38-29-19-21-33-34(36(29)42-37)28-22-25(18-20-32(28)40-33)39(24-12-5-2-6-13-24)30-16-9-15-27-26-14-7-8-17-31(26)41-35(27)30/h1-22H. The van der Waals surface area contributed by atoms with Crippen LogP contribution in [-0.2, 0) is 0 Å². The van der Waals surface area contributed by atoms with Crippen molar-refractivity contribution in [2.75, 3.05) is 4.90 Å². The molecule has 0 amide bonds. The van der Waals surface area contributed by atoms with E-state index in [9.17, 15) is 0 Å². The van der Waals surface area contributed by atoms with Gasteiger partial charge in [-0.25, -0.2) is 4.98 Å². The predicted octanol–water partition coefficient (Wildman–Crippen LogP) is 11.2. The molecular weight excluding hydrogens is 536 g/mol. The molecule has 0 unspecified atom stereocenters. The SMILES string of the molecule is c1ccc(-c2nc3ccc4oc5ccc(N(c6ccccc6)c6cccc7c6oc6ccccc67)cc5c4c3s2)cc1. The Kier molecular flexibility index (Phi) is 5.03. The van der Waals surface area contributed by atoms with Crippen molar-refractivity contribution in [1.29, 1.82) is 0 Å². The summed E-state index contributed by atoms with van der Waals surface area (Å²) in [5, 5.41) is 5.37. The highest BCUT2D eigenvalue weighted by Crippen LogP contribution is 2.45. The summed E-state index contributed by atoms with van der Waals surface area (Å²) in [6, 6.07) is 45.9. The minimum Gasteiger partial charge on any atom is -0.456 e. The van der Waals surface area contributed by atoms with Crippen molar-refractivity contribution in [1.82, 2.24) is 4.98 Å². The van der Waals surface area contributed by atoms with Gasteiger partial charge in [-0.2, -0.15) is 0 Å². The molecule has 0 fully saturated rings. The molecule has 0 radical (unpaired) electrons. The van der Waals surface area contributed by atoms with Crippen LogP contribution >= 0.6 is 11.3 Å². The molecule has 0 bridgehead atoms. The Bertz CT molecular complexity index is 2420. The first-order valence-corrected chi connectivity index (χ1v) is 14.7. The molecule has 0 spiro atoms. The monoisotopic (exact) mass is 558 g/mol. The van der Waals surface area contributed by atoms with Gasteiger partial charge in [-0.15, -0.1) is 11.3 Å². The van der Waals surface area contributed by atoms with Gasteiger partial charge in [0.15, 0.2) is 5.58 Å². The Balaban J connectivity index is 1.30. The molecule has 0 saturated carbocycles. The first kappa shape index (κ1) is 23.3. The number of para-hydroxylation sites is 3. The largest absolute Gasteiger partial charge is 0.456 e. The van der Waals surface area contributed by atoms with Gasteiger partial charge in [0.05, 0.1) is 15.9 Å². The smallest absolute Gasteiger partial charge is 0.159 e. The molecule has 9 aromatic rings. The van der Waals surface area contributed by atoms with Crippen LogP contribution in [0.15, 0.2) is 142 Å². The molecular formula is C37H22N2O2S. The van der Waals surface area contributed by atoms with Crippen LogP contribution in [0.25, 0.3) is 64.7 Å². The second-order valence-electron chi connectivity index (χ2n) is 10.4. The van der Waals surface area contributed by atoms with Gasteiger partial charge in [-0.05, 0) is 54.6 Å². The Morgan fingerprint density at radius 1 is 0.548 bits per heavy atom. The number of hydrogen-bond acceptors (Lipinski definition) is 5. The molecule has 0 N–H and O–H groups in total. The van der Waals surface area contributed by atoms with Gasteiger partial charge in [-0.1, -0.05) is 78.9 Å². The van der Waals surface area contributed by atoms with E-state index >= 15 is 0 Å². The number of hydrogen-bond donors (Lipinski definition) is 0. The minimum atomic E-state index is 0.853. The van der Waals surface area contributed by atoms with E-state index in [1.54, 1.807) is 11.3 Å². The zero-order valence-corrected chi connectivity index (χ0v) is 23.1. The van der Waals surface area contributed by atoms with Crippen LogP contribution in [-0.4, -0.2) is 4.98 Å². The van der Waals surface area contributed by atoms with Gasteiger partial charge in [-0.3, -0.25) is 0 Å². The first-order valence-electron chi connectivity index (χ1n) is 13.9. The predicted molar refractivity (Wildman–Crippen MR) is 174 cm³/mol. The van der Waals surface area contributed by atoms with Crippen molar-refractivity contribution >= 4 is 82.5 Å². The average molecular weight is 559 g/mol. The summed E-state index contributed by atoms with van der Waals surface area (Å²) in [7, 11) is 0. The van der Waals surface area contributed by atoms with E-state index in [0.717, 1.165) is 81.7 Å². The third-order valence-corrected chi connectivity index (χ3v) is 9.03. The van der Waals surface area contributed by atoms with E-state index in [2.05, 4.69) is 108 Å². The van der Waals surface area contributed by atoms with E-state index in [1.807, 2.05) is 30.3 Å². The number of furan rings is 2. The van der Waals surface area contributed by atoms with E-state index in [1.165, 1.54) is 0 Å². The van der Waals surface area contributed by atoms with Crippen LogP contribution in [0.3, 0.4) is 0 Å². The third-order valence-electron chi connectivity index (χ3n) is 7.89. The van der Waals surface area contributed by atoms with E-state index in [-0.39, 0.29) is 0 Å². The topological polar surface area (TPSA) is 42.4 Å². The maximum absolute atomic E-state index is 6.49. The lowest BCUT2D eigenvalue weighted by atomic mass is 10.1. The quantitative estimate of drug-likeness (QED) is 0.215. The van der Waals surface area contributed by atoms with Crippen LogP contribution in [0.2, 0.25) is 0 Å². The molecule has 9 rings (SSSR count). The Labute approximate surface area is 244 Å². The van der Waals surface area contributed by atoms with Crippen LogP contribution in [0.4, 0.5) is 17.1 Å². The number of fused-ring (bicyclic) bond motifs is 8. The summed E-state index contributed by atoms with van der Waals surface area (Å²) >= 11 is 1.71. The van der Waals surface area contributed by atoms with Crippen molar-refractivity contribution in [2.45, 2.75) is 0 Å². The van der Waals surface area contributed by atoms with Crippen LogP contribution in [0.5, 0.6) is 0 Å². The highest BCUT2D eigenvalue weighted by Gasteiger charge is 2.21. The van der Waals surface area contributed by atoms with E-state index < -0.39 is 0 Å². The maximum Gasteiger partial charge on any atom is 0.159 e. The fraction of sp³-hybridized carbons (Fsp3) is 0. The van der Waals surface area contributed by atoms with Gasteiger partial charge in [0.2, 0.25) is 0 Å². The molecule has 3 heterocycles. The van der Waals surface area contributed by atoms with Crippen molar-refractivity contribution in [3.8, 4) is 10.6 Å². The lowest BCUT2D eigenvalue weighted by molar-refractivity contribution is 0.669. The second kappa shape index (κ2) is 9.06. The molecule has 3 aromatic heterocycles. The highest BCUT2D eigenvalue weighted by atomic mass is 32.1. The molecule has 6 aromatic carbocycles. The molecule has 0 saturated heterocycles. The van der Waals surface area contributed by atoms with E-state index in [0.29, 0.717) is 0 Å². The first-order chi connectivity index (χ1) is 20.8. The molecule has 42 heavy (non-hydrogen) atoms. The minimum absolute atomic E-state index is 0.853. The Hall–Kier alpha value is -5.39. The van der Waals surface area contributed by atoms with Crippen LogP contribution in [0, 0.1) is 0 Å². The lowest BCUT2D eigenvalue weighted by Crippen LogP contribution is -2.10. The lowest BCUT2D eigenvalue weighted by Gasteiger charge is -2.25. The summed E-state index contributed by atoms with van der Waals surface area (Å²) in [6.45, 7) is 0. The summed E-state index contributed by atoms with van der Waals surface area (Å²) in [6.07, 6.45) is 0. The molecule has 0 aliphatic rings. The number of nitrogens with zero attached hydrogens (tertiary/aromatic N) is 2. The summed E-state index contributed by atoms with van der Waals surface area (Å²) in [5.74, 6) is 0. The third kappa shape index (κ3) is 3.51. The van der Waals surface area contributed by atoms with Gasteiger partial charge < -0.3 is 13.7 Å². The summed E-state index contributed by atoms with van der Waals surface area (Å²) in [4.78, 5) is 7.25. The van der Waals surface area contributed by atoms with Gasteiger partial charge in [0, 0.05) is 38.5 Å². The molecule has 0 aliphatic heterocycles. The highest BCUT2D eigenvalue weighted by molar-refractivity contribution is 7.22. The molecule has 0 atom stereocenters. The number of aromatic nitrogens is 1. The zero-order chi connectivity index (χ0) is 27.6. The summed E-state index contributed by atoms with van der Waals surface area (Å²) < 4.78 is 14.0. The molecule has 0 aliphatic carbocycles. The number of benzene rings is 6. The number of thiazole rings is 1. The number of rotatable bonds is 4. The second-order valence-corrected chi connectivity index (χ2v) is 11.4. The van der Waals surface area contributed by atoms with Gasteiger partial charge in [0.25, 0.3) is 0 Å². The van der Waals surface area contributed by atoms with Gasteiger partial charge in [0.1, 0.15) is 21.8 Å². The van der Waals surface area contributed by atoms with Crippen molar-refractivity contribution in [2.24, 2.45) is 0 Å². The fourth-order valence-electron chi connectivity index (χ4n) is 5.99. The zero-order valence-electron chi connectivity index (χ0n) is 22.3. The van der Waals surface area contributed by atoms with Crippen molar-refractivity contribution < 1.29 is 8.83 Å². The number of anilines is 3.